The first kappa shape index (κ1) is 18.2. The van der Waals surface area contributed by atoms with Crippen LogP contribution < -0.4 is 0 Å². The summed E-state index contributed by atoms with van der Waals surface area (Å²) in [6.07, 6.45) is 2.87. The molecule has 3 aliphatic rings. The van der Waals surface area contributed by atoms with Gasteiger partial charge in [-0.2, -0.15) is 0 Å². The van der Waals surface area contributed by atoms with Crippen molar-refractivity contribution in [2.75, 3.05) is 0 Å². The van der Waals surface area contributed by atoms with Crippen molar-refractivity contribution in [1.29, 1.82) is 0 Å². The number of esters is 2. The lowest BCUT2D eigenvalue weighted by Gasteiger charge is -2.37. The Balaban J connectivity index is 2.06. The topological polar surface area (TPSA) is 72.8 Å². The lowest BCUT2D eigenvalue weighted by atomic mass is 9.79. The van der Waals surface area contributed by atoms with E-state index in [0.717, 1.165) is 24.0 Å². The van der Waals surface area contributed by atoms with Gasteiger partial charge < -0.3 is 14.6 Å². The quantitative estimate of drug-likeness (QED) is 0.627. The van der Waals surface area contributed by atoms with Crippen molar-refractivity contribution in [3.8, 4) is 0 Å². The van der Waals surface area contributed by atoms with Crippen molar-refractivity contribution in [2.45, 2.75) is 64.8 Å². The molecule has 25 heavy (non-hydrogen) atoms. The maximum absolute atomic E-state index is 12.5. The minimum absolute atomic E-state index is 0.257. The third-order valence-corrected chi connectivity index (χ3v) is 6.41. The molecular formula is C20H28O5. The summed E-state index contributed by atoms with van der Waals surface area (Å²) in [5.74, 6) is -2.09. The number of hydrogen-bond acceptors (Lipinski definition) is 5. The van der Waals surface area contributed by atoms with Crippen LogP contribution in [0.3, 0.4) is 0 Å². The van der Waals surface area contributed by atoms with Gasteiger partial charge in [0.15, 0.2) is 0 Å². The van der Waals surface area contributed by atoms with E-state index in [2.05, 4.69) is 6.58 Å². The smallest absolute Gasteiger partial charge is 0.309 e. The predicted octanol–water partition coefficient (Wildman–Crippen LogP) is 2.78. The predicted molar refractivity (Wildman–Crippen MR) is 92.4 cm³/mol. The number of carbonyl (C=O) groups excluding carboxylic acids is 2. The molecule has 0 aromatic rings. The Bertz CT molecular complexity index is 636. The SMILES string of the molecule is C=C1CCC=C(C)C2(O)C(OC(=O)C(C)CC)C3C(C)C(=O)OC3C12. The van der Waals surface area contributed by atoms with E-state index in [4.69, 9.17) is 9.47 Å². The van der Waals surface area contributed by atoms with Crippen molar-refractivity contribution in [3.05, 3.63) is 23.8 Å². The zero-order valence-corrected chi connectivity index (χ0v) is 15.5. The molecule has 0 aromatic heterocycles. The second-order valence-corrected chi connectivity index (χ2v) is 7.82. The average Bonchev–Trinajstić information content (AvgIpc) is 2.94. The fourth-order valence-corrected chi connectivity index (χ4v) is 4.59. The van der Waals surface area contributed by atoms with Crippen molar-refractivity contribution < 1.29 is 24.2 Å². The second-order valence-electron chi connectivity index (χ2n) is 7.82. The molecule has 138 valence electrons. The van der Waals surface area contributed by atoms with Crippen LogP contribution in [0.5, 0.6) is 0 Å². The molecule has 1 aliphatic heterocycles. The fraction of sp³-hybridized carbons (Fsp3) is 0.700. The minimum Gasteiger partial charge on any atom is -0.461 e. The highest BCUT2D eigenvalue weighted by Crippen LogP contribution is 2.56. The molecule has 7 unspecified atom stereocenters. The maximum Gasteiger partial charge on any atom is 0.309 e. The molecule has 5 nitrogen and oxygen atoms in total. The van der Waals surface area contributed by atoms with Gasteiger partial charge in [-0.05, 0) is 31.8 Å². The molecular weight excluding hydrogens is 320 g/mol. The van der Waals surface area contributed by atoms with E-state index in [9.17, 15) is 14.7 Å². The molecule has 2 fully saturated rings. The molecule has 0 radical (unpaired) electrons. The fourth-order valence-electron chi connectivity index (χ4n) is 4.59. The second kappa shape index (κ2) is 6.27. The molecule has 2 aliphatic carbocycles. The Morgan fingerprint density at radius 2 is 2.24 bits per heavy atom. The van der Waals surface area contributed by atoms with E-state index in [1.807, 2.05) is 26.8 Å². The number of carbonyl (C=O) groups is 2. The zero-order chi connectivity index (χ0) is 18.5. The van der Waals surface area contributed by atoms with E-state index in [0.29, 0.717) is 6.42 Å². The first-order valence-corrected chi connectivity index (χ1v) is 9.21. The summed E-state index contributed by atoms with van der Waals surface area (Å²) in [5, 5.41) is 11.7. The number of rotatable bonds is 3. The lowest BCUT2D eigenvalue weighted by Crippen LogP contribution is -2.50. The van der Waals surface area contributed by atoms with Crippen molar-refractivity contribution in [1.82, 2.24) is 0 Å². The molecule has 1 heterocycles. The summed E-state index contributed by atoms with van der Waals surface area (Å²) in [6, 6.07) is 0. The van der Waals surface area contributed by atoms with Crippen molar-refractivity contribution in [2.24, 2.45) is 23.7 Å². The normalized spacial score (nSPS) is 41.3. The van der Waals surface area contributed by atoms with E-state index >= 15 is 0 Å². The van der Waals surface area contributed by atoms with Crippen molar-refractivity contribution >= 4 is 11.9 Å². The number of hydrogen-bond donors (Lipinski definition) is 1. The van der Waals surface area contributed by atoms with E-state index in [1.165, 1.54) is 0 Å². The molecule has 1 saturated carbocycles. The van der Waals surface area contributed by atoms with Gasteiger partial charge >= 0.3 is 11.9 Å². The van der Waals surface area contributed by atoms with E-state index in [-0.39, 0.29) is 23.8 Å². The summed E-state index contributed by atoms with van der Waals surface area (Å²) < 4.78 is 11.5. The Morgan fingerprint density at radius 3 is 2.88 bits per heavy atom. The van der Waals surface area contributed by atoms with Gasteiger partial charge in [0.05, 0.1) is 23.7 Å². The summed E-state index contributed by atoms with van der Waals surface area (Å²) in [6.45, 7) is 11.5. The highest BCUT2D eigenvalue weighted by atomic mass is 16.6. The van der Waals surface area contributed by atoms with Gasteiger partial charge in [-0.1, -0.05) is 39.0 Å². The lowest BCUT2D eigenvalue weighted by molar-refractivity contribution is -0.170. The van der Waals surface area contributed by atoms with E-state index in [1.54, 1.807) is 6.92 Å². The van der Waals surface area contributed by atoms with Crippen LogP contribution >= 0.6 is 0 Å². The summed E-state index contributed by atoms with van der Waals surface area (Å²) in [4.78, 5) is 24.7. The number of aliphatic hydroxyl groups is 1. The highest BCUT2D eigenvalue weighted by Gasteiger charge is 2.69. The van der Waals surface area contributed by atoms with Gasteiger partial charge in [0.25, 0.3) is 0 Å². The van der Waals surface area contributed by atoms with Crippen LogP contribution in [0.4, 0.5) is 0 Å². The average molecular weight is 348 g/mol. The Morgan fingerprint density at radius 1 is 1.56 bits per heavy atom. The standard InChI is InChI=1S/C20H28O5/c1-6-10(2)18(21)25-17-14-13(5)19(22)24-16(14)15-11(3)8-7-9-12(4)20(15,17)23/h9-10,13-17,23H,3,6-8H2,1-2,4-5H3. The van der Waals surface area contributed by atoms with Crippen molar-refractivity contribution in [3.63, 3.8) is 0 Å². The molecule has 5 heteroatoms. The molecule has 0 aromatic carbocycles. The molecule has 1 N–H and O–H groups in total. The highest BCUT2D eigenvalue weighted by molar-refractivity contribution is 5.77. The van der Waals surface area contributed by atoms with Crippen LogP contribution in [0.2, 0.25) is 0 Å². The molecule has 0 spiro atoms. The van der Waals surface area contributed by atoms with Crippen LogP contribution in [0, 0.1) is 23.7 Å². The van der Waals surface area contributed by atoms with Gasteiger partial charge in [-0.3, -0.25) is 9.59 Å². The molecule has 7 atom stereocenters. The molecule has 1 saturated heterocycles. The Hall–Kier alpha value is -1.62. The number of fused-ring (bicyclic) bond motifs is 3. The number of ether oxygens (including phenoxy) is 2. The Kier molecular flexibility index (Phi) is 4.56. The summed E-state index contributed by atoms with van der Waals surface area (Å²) in [7, 11) is 0. The van der Waals surface area contributed by atoms with Gasteiger partial charge in [-0.15, -0.1) is 0 Å². The third-order valence-electron chi connectivity index (χ3n) is 6.41. The Labute approximate surface area is 149 Å². The van der Waals surface area contributed by atoms with E-state index < -0.39 is 29.6 Å². The van der Waals surface area contributed by atoms with Crippen LogP contribution in [0.25, 0.3) is 0 Å². The zero-order valence-electron chi connectivity index (χ0n) is 15.5. The van der Waals surface area contributed by atoms with Gasteiger partial charge in [-0.25, -0.2) is 0 Å². The minimum atomic E-state index is -1.36. The molecule has 3 rings (SSSR count). The van der Waals surface area contributed by atoms with Crippen LogP contribution in [0.1, 0.15) is 47.0 Å². The van der Waals surface area contributed by atoms with Gasteiger partial charge in [0, 0.05) is 0 Å². The van der Waals surface area contributed by atoms with Gasteiger partial charge in [0.1, 0.15) is 17.8 Å². The first-order valence-electron chi connectivity index (χ1n) is 9.21. The van der Waals surface area contributed by atoms with Crippen LogP contribution in [-0.2, 0) is 19.1 Å². The maximum atomic E-state index is 12.5. The monoisotopic (exact) mass is 348 g/mol. The molecule has 0 amide bonds. The third kappa shape index (κ3) is 2.55. The molecule has 0 bridgehead atoms. The summed E-state index contributed by atoms with van der Waals surface area (Å²) in [5.41, 5.74) is 0.270. The first-order chi connectivity index (χ1) is 11.7. The number of allylic oxidation sites excluding steroid dienone is 1. The summed E-state index contributed by atoms with van der Waals surface area (Å²) >= 11 is 0. The van der Waals surface area contributed by atoms with Gasteiger partial charge in [0.2, 0.25) is 0 Å². The van der Waals surface area contributed by atoms with Crippen LogP contribution in [0.15, 0.2) is 23.8 Å². The largest absolute Gasteiger partial charge is 0.461 e. The van der Waals surface area contributed by atoms with Crippen LogP contribution in [-0.4, -0.2) is 34.9 Å².